The molecule has 0 aliphatic carbocycles. The minimum Gasteiger partial charge on any atom is -0.467 e. The van der Waals surface area contributed by atoms with Crippen LogP contribution >= 0.6 is 0 Å². The zero-order valence-corrected chi connectivity index (χ0v) is 19.9. The van der Waals surface area contributed by atoms with Crippen LogP contribution in [0.4, 0.5) is 0 Å². The fourth-order valence-electron chi connectivity index (χ4n) is 4.24. The van der Waals surface area contributed by atoms with Crippen LogP contribution in [0.5, 0.6) is 0 Å². The van der Waals surface area contributed by atoms with Crippen LogP contribution in [0.25, 0.3) is 0 Å². The number of carbonyl (C=O) groups is 1. The maximum Gasteiger partial charge on any atom is 0.251 e. The summed E-state index contributed by atoms with van der Waals surface area (Å²) in [6, 6.07) is 10.8. The van der Waals surface area contributed by atoms with Crippen molar-refractivity contribution in [3.63, 3.8) is 0 Å². The molecule has 3 aromatic rings. The minimum atomic E-state index is -3.57. The van der Waals surface area contributed by atoms with Gasteiger partial charge in [0.15, 0.2) is 0 Å². The van der Waals surface area contributed by atoms with Crippen LogP contribution < -0.4 is 5.32 Å². The van der Waals surface area contributed by atoms with E-state index in [9.17, 15) is 13.2 Å². The first kappa shape index (κ1) is 23.3. The van der Waals surface area contributed by atoms with Crippen molar-refractivity contribution in [3.8, 4) is 0 Å². The van der Waals surface area contributed by atoms with Gasteiger partial charge in [0, 0.05) is 18.7 Å². The molecule has 0 spiro atoms. The predicted octanol–water partition coefficient (Wildman–Crippen LogP) is 3.64. The normalized spacial score (nSPS) is 15.3. The first-order valence-corrected chi connectivity index (χ1v) is 12.7. The van der Waals surface area contributed by atoms with E-state index in [1.165, 1.54) is 0 Å². The SMILES string of the molecule is Cc1nn(Cc2ccc(C(=O)NCc3ccco3)cc2)c(C)c1S(=O)(=O)N1CCCCCC1. The Bertz CT molecular complexity index is 1190. The molecule has 8 nitrogen and oxygen atoms in total. The van der Waals surface area contributed by atoms with Crippen molar-refractivity contribution in [1.82, 2.24) is 19.4 Å². The fourth-order valence-corrected chi connectivity index (χ4v) is 6.13. The summed E-state index contributed by atoms with van der Waals surface area (Å²) in [5.74, 6) is 0.505. The third kappa shape index (κ3) is 5.20. The first-order valence-electron chi connectivity index (χ1n) is 11.3. The van der Waals surface area contributed by atoms with Crippen LogP contribution in [0, 0.1) is 13.8 Å². The standard InChI is InChI=1S/C24H30N4O4S/c1-18-23(33(30,31)27-13-5-3-4-6-14-27)19(2)28(26-18)17-20-9-11-21(12-10-20)24(29)25-16-22-8-7-15-32-22/h7-12,15H,3-6,13-14,16-17H2,1-2H3,(H,25,29). The number of hydrogen-bond acceptors (Lipinski definition) is 5. The van der Waals surface area contributed by atoms with E-state index in [2.05, 4.69) is 10.4 Å². The summed E-state index contributed by atoms with van der Waals surface area (Å²) in [7, 11) is -3.57. The predicted molar refractivity (Wildman–Crippen MR) is 124 cm³/mol. The Balaban J connectivity index is 1.46. The van der Waals surface area contributed by atoms with Gasteiger partial charge in [-0.1, -0.05) is 25.0 Å². The van der Waals surface area contributed by atoms with E-state index in [4.69, 9.17) is 4.42 Å². The quantitative estimate of drug-likeness (QED) is 0.569. The molecule has 9 heteroatoms. The third-order valence-electron chi connectivity index (χ3n) is 6.03. The lowest BCUT2D eigenvalue weighted by atomic mass is 10.1. The molecule has 176 valence electrons. The fraction of sp³-hybridized carbons (Fsp3) is 0.417. The molecule has 1 aliphatic heterocycles. The van der Waals surface area contributed by atoms with E-state index in [0.717, 1.165) is 31.2 Å². The molecule has 3 heterocycles. The Morgan fingerprint density at radius 1 is 1.06 bits per heavy atom. The molecule has 1 aromatic carbocycles. The zero-order valence-electron chi connectivity index (χ0n) is 19.1. The van der Waals surface area contributed by atoms with Crippen LogP contribution in [-0.4, -0.2) is 41.5 Å². The molecule has 1 aliphatic rings. The number of aromatic nitrogens is 2. The summed E-state index contributed by atoms with van der Waals surface area (Å²) >= 11 is 0. The van der Waals surface area contributed by atoms with Gasteiger partial charge in [-0.15, -0.1) is 0 Å². The maximum absolute atomic E-state index is 13.3. The Morgan fingerprint density at radius 2 is 1.76 bits per heavy atom. The van der Waals surface area contributed by atoms with Crippen molar-refractivity contribution in [2.75, 3.05) is 13.1 Å². The highest BCUT2D eigenvalue weighted by Crippen LogP contribution is 2.26. The molecule has 1 N–H and O–H groups in total. The molecule has 1 amide bonds. The Hall–Kier alpha value is -2.91. The van der Waals surface area contributed by atoms with E-state index in [0.29, 0.717) is 53.8 Å². The number of amides is 1. The number of hydrogen-bond donors (Lipinski definition) is 1. The average Bonchev–Trinajstić information content (AvgIpc) is 3.30. The molecule has 33 heavy (non-hydrogen) atoms. The summed E-state index contributed by atoms with van der Waals surface area (Å²) in [6.07, 6.45) is 5.50. The number of nitrogens with zero attached hydrogens (tertiary/aromatic N) is 3. The monoisotopic (exact) mass is 470 g/mol. The van der Waals surface area contributed by atoms with Gasteiger partial charge in [-0.3, -0.25) is 9.48 Å². The van der Waals surface area contributed by atoms with Crippen molar-refractivity contribution < 1.29 is 17.6 Å². The van der Waals surface area contributed by atoms with E-state index >= 15 is 0 Å². The largest absolute Gasteiger partial charge is 0.467 e. The molecule has 4 rings (SSSR count). The van der Waals surface area contributed by atoms with E-state index in [1.54, 1.807) is 53.4 Å². The molecule has 1 fully saturated rings. The topological polar surface area (TPSA) is 97.4 Å². The summed E-state index contributed by atoms with van der Waals surface area (Å²) < 4.78 is 35.2. The van der Waals surface area contributed by atoms with Gasteiger partial charge in [0.25, 0.3) is 5.91 Å². The summed E-state index contributed by atoms with van der Waals surface area (Å²) in [6.45, 7) is 5.44. The molecule has 1 saturated heterocycles. The van der Waals surface area contributed by atoms with Gasteiger partial charge >= 0.3 is 0 Å². The summed E-state index contributed by atoms with van der Waals surface area (Å²) in [5, 5.41) is 7.35. The smallest absolute Gasteiger partial charge is 0.251 e. The van der Waals surface area contributed by atoms with Crippen molar-refractivity contribution in [2.24, 2.45) is 0 Å². The first-order chi connectivity index (χ1) is 15.9. The molecule has 0 unspecified atom stereocenters. The molecular formula is C24H30N4O4S. The number of rotatable bonds is 7. The third-order valence-corrected chi connectivity index (χ3v) is 8.18. The van der Waals surface area contributed by atoms with Crippen molar-refractivity contribution in [2.45, 2.75) is 57.5 Å². The van der Waals surface area contributed by atoms with Crippen LogP contribution in [0.15, 0.2) is 52.0 Å². The second-order valence-electron chi connectivity index (χ2n) is 8.43. The summed E-state index contributed by atoms with van der Waals surface area (Å²) in [4.78, 5) is 12.7. The van der Waals surface area contributed by atoms with Crippen LogP contribution in [0.2, 0.25) is 0 Å². The molecule has 0 saturated carbocycles. The lowest BCUT2D eigenvalue weighted by Gasteiger charge is -2.20. The zero-order chi connectivity index (χ0) is 23.4. The van der Waals surface area contributed by atoms with Gasteiger partial charge in [0.1, 0.15) is 10.7 Å². The van der Waals surface area contributed by atoms with E-state index in [-0.39, 0.29) is 5.91 Å². The summed E-state index contributed by atoms with van der Waals surface area (Å²) in [5.41, 5.74) is 2.63. The Morgan fingerprint density at radius 3 is 2.39 bits per heavy atom. The van der Waals surface area contributed by atoms with Crippen LogP contribution in [-0.2, 0) is 23.1 Å². The van der Waals surface area contributed by atoms with Crippen molar-refractivity contribution >= 4 is 15.9 Å². The van der Waals surface area contributed by atoms with Crippen molar-refractivity contribution in [1.29, 1.82) is 0 Å². The lowest BCUT2D eigenvalue weighted by molar-refractivity contribution is 0.0948. The number of benzene rings is 1. The van der Waals surface area contributed by atoms with Crippen LogP contribution in [0.3, 0.4) is 0 Å². The van der Waals surface area contributed by atoms with E-state index in [1.807, 2.05) is 12.1 Å². The van der Waals surface area contributed by atoms with Crippen LogP contribution in [0.1, 0.15) is 58.8 Å². The highest BCUT2D eigenvalue weighted by molar-refractivity contribution is 7.89. The maximum atomic E-state index is 13.3. The minimum absolute atomic E-state index is 0.185. The molecule has 2 aromatic heterocycles. The lowest BCUT2D eigenvalue weighted by Crippen LogP contribution is -2.32. The number of carbonyl (C=O) groups excluding carboxylic acids is 1. The molecule has 0 radical (unpaired) electrons. The Kier molecular flexibility index (Phi) is 6.99. The second kappa shape index (κ2) is 9.93. The number of nitrogens with one attached hydrogen (secondary N) is 1. The highest BCUT2D eigenvalue weighted by Gasteiger charge is 2.31. The van der Waals surface area contributed by atoms with Gasteiger partial charge in [0.05, 0.1) is 30.7 Å². The molecule has 0 atom stereocenters. The average molecular weight is 471 g/mol. The van der Waals surface area contributed by atoms with Gasteiger partial charge in [-0.25, -0.2) is 8.42 Å². The van der Waals surface area contributed by atoms with Gasteiger partial charge in [-0.05, 0) is 56.5 Å². The van der Waals surface area contributed by atoms with Crippen molar-refractivity contribution in [3.05, 3.63) is 70.9 Å². The highest BCUT2D eigenvalue weighted by atomic mass is 32.2. The Labute approximate surface area is 194 Å². The number of furan rings is 1. The number of sulfonamides is 1. The van der Waals surface area contributed by atoms with Gasteiger partial charge in [-0.2, -0.15) is 9.40 Å². The van der Waals surface area contributed by atoms with Gasteiger partial charge < -0.3 is 9.73 Å². The number of aryl methyl sites for hydroxylation is 1. The van der Waals surface area contributed by atoms with Gasteiger partial charge in [0.2, 0.25) is 10.0 Å². The molecular weight excluding hydrogens is 440 g/mol. The van der Waals surface area contributed by atoms with E-state index < -0.39 is 10.0 Å². The second-order valence-corrected chi connectivity index (χ2v) is 10.3. The molecule has 0 bridgehead atoms.